The number of hydrogen-bond donors (Lipinski definition) is 1. The molecule has 0 spiro atoms. The first kappa shape index (κ1) is 18.0. The van der Waals surface area contributed by atoms with E-state index in [0.29, 0.717) is 17.2 Å². The predicted molar refractivity (Wildman–Crippen MR) is 99.8 cm³/mol. The van der Waals surface area contributed by atoms with E-state index in [4.69, 9.17) is 4.52 Å². The Labute approximate surface area is 153 Å². The van der Waals surface area contributed by atoms with Crippen molar-refractivity contribution in [2.24, 2.45) is 5.92 Å². The first-order valence-corrected chi connectivity index (χ1v) is 9.93. The van der Waals surface area contributed by atoms with Gasteiger partial charge in [-0.15, -0.1) is 11.8 Å². The summed E-state index contributed by atoms with van der Waals surface area (Å²) in [6.45, 7) is 5.65. The molecule has 0 radical (unpaired) electrons. The number of carbonyl (C=O) groups excluding carboxylic acids is 1. The highest BCUT2D eigenvalue weighted by Gasteiger charge is 2.21. The van der Waals surface area contributed by atoms with Gasteiger partial charge in [-0.3, -0.25) is 9.69 Å². The van der Waals surface area contributed by atoms with E-state index in [1.807, 2.05) is 11.8 Å². The fourth-order valence-electron chi connectivity index (χ4n) is 3.27. The van der Waals surface area contributed by atoms with Crippen LogP contribution >= 0.6 is 11.8 Å². The Morgan fingerprint density at radius 2 is 2.12 bits per heavy atom. The molecule has 0 atom stereocenters. The topological polar surface area (TPSA) is 58.4 Å². The van der Waals surface area contributed by atoms with E-state index in [1.165, 1.54) is 16.7 Å². The van der Waals surface area contributed by atoms with Crippen LogP contribution in [0.15, 0.2) is 39.9 Å². The Morgan fingerprint density at radius 1 is 1.36 bits per heavy atom. The summed E-state index contributed by atoms with van der Waals surface area (Å²) in [6, 6.07) is 8.62. The number of likely N-dealkylation sites (tertiary alicyclic amines) is 1. The van der Waals surface area contributed by atoms with Crippen LogP contribution in [0, 0.1) is 12.8 Å². The van der Waals surface area contributed by atoms with E-state index in [1.54, 1.807) is 6.92 Å². The molecule has 1 amide bonds. The number of rotatable bonds is 6. The summed E-state index contributed by atoms with van der Waals surface area (Å²) in [5.74, 6) is 1.02. The van der Waals surface area contributed by atoms with E-state index < -0.39 is 0 Å². The summed E-state index contributed by atoms with van der Waals surface area (Å²) in [6.07, 6.45) is 5.84. The fourth-order valence-corrected chi connectivity index (χ4v) is 3.88. The SMILES string of the molecule is CSc1ccccc1CN1CCC(CNC(=O)c2cnoc2C)CC1. The molecule has 0 bridgehead atoms. The molecule has 5 nitrogen and oxygen atoms in total. The second-order valence-electron chi connectivity index (χ2n) is 6.54. The molecule has 0 unspecified atom stereocenters. The van der Waals surface area contributed by atoms with Gasteiger partial charge in [0, 0.05) is 18.0 Å². The highest BCUT2D eigenvalue weighted by molar-refractivity contribution is 7.98. The van der Waals surface area contributed by atoms with Gasteiger partial charge in [-0.05, 0) is 56.7 Å². The Kier molecular flexibility index (Phi) is 6.15. The van der Waals surface area contributed by atoms with Gasteiger partial charge in [-0.1, -0.05) is 23.4 Å². The lowest BCUT2D eigenvalue weighted by molar-refractivity contribution is 0.0933. The van der Waals surface area contributed by atoms with Crippen LogP contribution in [0.5, 0.6) is 0 Å². The quantitative estimate of drug-likeness (QED) is 0.802. The molecule has 1 aliphatic rings. The minimum atomic E-state index is -0.0879. The molecular weight excluding hydrogens is 334 g/mol. The molecule has 25 heavy (non-hydrogen) atoms. The third-order valence-corrected chi connectivity index (χ3v) is 5.68. The van der Waals surface area contributed by atoms with E-state index in [2.05, 4.69) is 45.9 Å². The average Bonchev–Trinajstić information content (AvgIpc) is 3.07. The van der Waals surface area contributed by atoms with Crippen LogP contribution in [0.4, 0.5) is 0 Å². The molecule has 1 aliphatic heterocycles. The van der Waals surface area contributed by atoms with Gasteiger partial charge in [0.2, 0.25) is 0 Å². The average molecular weight is 359 g/mol. The summed E-state index contributed by atoms with van der Waals surface area (Å²) >= 11 is 1.81. The summed E-state index contributed by atoms with van der Waals surface area (Å²) < 4.78 is 4.95. The number of aromatic nitrogens is 1. The number of piperidine rings is 1. The van der Waals surface area contributed by atoms with E-state index in [0.717, 1.165) is 39.0 Å². The standard InChI is InChI=1S/C19H25N3O2S/c1-14-17(12-21-24-14)19(23)20-11-15-7-9-22(10-8-15)13-16-5-3-4-6-18(16)25-2/h3-6,12,15H,7-11,13H2,1-2H3,(H,20,23). The third kappa shape index (κ3) is 4.64. The molecule has 134 valence electrons. The Hall–Kier alpha value is -1.79. The highest BCUT2D eigenvalue weighted by atomic mass is 32.2. The Balaban J connectivity index is 1.44. The normalized spacial score (nSPS) is 16.1. The molecule has 0 saturated carbocycles. The van der Waals surface area contributed by atoms with Crippen molar-refractivity contribution >= 4 is 17.7 Å². The third-order valence-electron chi connectivity index (χ3n) is 4.84. The molecule has 1 aromatic carbocycles. The fraction of sp³-hybridized carbons (Fsp3) is 0.474. The molecule has 3 rings (SSSR count). The van der Waals surface area contributed by atoms with Gasteiger partial charge in [0.1, 0.15) is 11.3 Å². The maximum absolute atomic E-state index is 12.1. The van der Waals surface area contributed by atoms with Crippen molar-refractivity contribution in [3.05, 3.63) is 47.3 Å². The summed E-state index contributed by atoms with van der Waals surface area (Å²) in [4.78, 5) is 16.0. The zero-order valence-electron chi connectivity index (χ0n) is 14.8. The van der Waals surface area contributed by atoms with E-state index in [9.17, 15) is 4.79 Å². The number of benzene rings is 1. The van der Waals surface area contributed by atoms with Crippen LogP contribution in [0.1, 0.15) is 34.5 Å². The number of nitrogens with one attached hydrogen (secondary N) is 1. The van der Waals surface area contributed by atoms with Crippen molar-refractivity contribution in [1.29, 1.82) is 0 Å². The van der Waals surface area contributed by atoms with Crippen LogP contribution in [-0.2, 0) is 6.54 Å². The first-order chi connectivity index (χ1) is 12.2. The number of aryl methyl sites for hydroxylation is 1. The number of carbonyl (C=O) groups is 1. The van der Waals surface area contributed by atoms with Gasteiger partial charge in [0.05, 0.1) is 6.20 Å². The largest absolute Gasteiger partial charge is 0.361 e. The molecule has 1 N–H and O–H groups in total. The van der Waals surface area contributed by atoms with E-state index in [-0.39, 0.29) is 5.91 Å². The molecular formula is C19H25N3O2S. The molecule has 1 saturated heterocycles. The van der Waals surface area contributed by atoms with E-state index >= 15 is 0 Å². The van der Waals surface area contributed by atoms with Crippen molar-refractivity contribution in [3.8, 4) is 0 Å². The molecule has 6 heteroatoms. The van der Waals surface area contributed by atoms with Crippen LogP contribution < -0.4 is 5.32 Å². The zero-order valence-corrected chi connectivity index (χ0v) is 15.6. The Bertz CT molecular complexity index is 708. The maximum atomic E-state index is 12.1. The number of thioether (sulfide) groups is 1. The summed E-state index contributed by atoms with van der Waals surface area (Å²) in [5.41, 5.74) is 1.94. The first-order valence-electron chi connectivity index (χ1n) is 8.71. The van der Waals surface area contributed by atoms with Gasteiger partial charge in [0.25, 0.3) is 5.91 Å². The van der Waals surface area contributed by atoms with Crippen LogP contribution in [0.25, 0.3) is 0 Å². The summed E-state index contributed by atoms with van der Waals surface area (Å²) in [5, 5.41) is 6.67. The molecule has 1 fully saturated rings. The van der Waals surface area contributed by atoms with Gasteiger partial charge in [-0.25, -0.2) is 0 Å². The Morgan fingerprint density at radius 3 is 2.80 bits per heavy atom. The lowest BCUT2D eigenvalue weighted by Crippen LogP contribution is -2.38. The van der Waals surface area contributed by atoms with Crippen molar-refractivity contribution in [2.45, 2.75) is 31.2 Å². The van der Waals surface area contributed by atoms with Gasteiger partial charge >= 0.3 is 0 Å². The minimum absolute atomic E-state index is 0.0879. The monoisotopic (exact) mass is 359 g/mol. The molecule has 0 aliphatic carbocycles. The number of amides is 1. The lowest BCUT2D eigenvalue weighted by atomic mass is 9.96. The molecule has 1 aromatic heterocycles. The lowest BCUT2D eigenvalue weighted by Gasteiger charge is -2.32. The second-order valence-corrected chi connectivity index (χ2v) is 7.39. The van der Waals surface area contributed by atoms with Gasteiger partial charge in [0.15, 0.2) is 0 Å². The van der Waals surface area contributed by atoms with Crippen molar-refractivity contribution in [1.82, 2.24) is 15.4 Å². The summed E-state index contributed by atoms with van der Waals surface area (Å²) in [7, 11) is 0. The van der Waals surface area contributed by atoms with Crippen molar-refractivity contribution in [3.63, 3.8) is 0 Å². The predicted octanol–water partition coefficient (Wildman–Crippen LogP) is 3.35. The number of nitrogens with zero attached hydrogens (tertiary/aromatic N) is 2. The van der Waals surface area contributed by atoms with Gasteiger partial charge in [-0.2, -0.15) is 0 Å². The highest BCUT2D eigenvalue weighted by Crippen LogP contribution is 2.24. The van der Waals surface area contributed by atoms with Crippen molar-refractivity contribution in [2.75, 3.05) is 25.9 Å². The van der Waals surface area contributed by atoms with Crippen molar-refractivity contribution < 1.29 is 9.32 Å². The molecule has 2 heterocycles. The maximum Gasteiger partial charge on any atom is 0.256 e. The molecule has 2 aromatic rings. The zero-order chi connectivity index (χ0) is 17.6. The minimum Gasteiger partial charge on any atom is -0.361 e. The second kappa shape index (κ2) is 8.54. The van der Waals surface area contributed by atoms with Crippen LogP contribution in [0.3, 0.4) is 0 Å². The smallest absolute Gasteiger partial charge is 0.256 e. The van der Waals surface area contributed by atoms with Crippen LogP contribution in [-0.4, -0.2) is 41.9 Å². The van der Waals surface area contributed by atoms with Gasteiger partial charge < -0.3 is 9.84 Å². The number of hydrogen-bond acceptors (Lipinski definition) is 5. The van der Waals surface area contributed by atoms with Crippen LogP contribution in [0.2, 0.25) is 0 Å².